The molecule has 1 saturated carbocycles. The van der Waals surface area contributed by atoms with E-state index >= 15 is 0 Å². The Hall–Kier alpha value is -1.89. The number of aliphatic hydroxyl groups excluding tert-OH is 1. The summed E-state index contributed by atoms with van der Waals surface area (Å²) in [6.45, 7) is 4.83. The van der Waals surface area contributed by atoms with Crippen LogP contribution in [0.15, 0.2) is 54.6 Å². The first-order valence-corrected chi connectivity index (χ1v) is 13.7. The molecule has 0 spiro atoms. The molecule has 1 heterocycles. The largest absolute Gasteiger partial charge is 0.457 e. The van der Waals surface area contributed by atoms with Gasteiger partial charge in [-0.1, -0.05) is 74.4 Å². The number of allylic oxidation sites excluding steroid dienone is 2. The first kappa shape index (κ1) is 27.7. The van der Waals surface area contributed by atoms with E-state index in [-0.39, 0.29) is 31.2 Å². The smallest absolute Gasteiger partial charge is 0.408 e. The second-order valence-electron chi connectivity index (χ2n) is 9.93. The van der Waals surface area contributed by atoms with Crippen LogP contribution in [0.2, 0.25) is 6.32 Å². The van der Waals surface area contributed by atoms with Gasteiger partial charge in [-0.15, -0.1) is 0 Å². The van der Waals surface area contributed by atoms with Gasteiger partial charge in [-0.05, 0) is 63.3 Å². The predicted molar refractivity (Wildman–Crippen MR) is 143 cm³/mol. The Morgan fingerprint density at radius 2 is 1.97 bits per heavy atom. The number of hydrogen-bond acceptors (Lipinski definition) is 4. The molecule has 2 bridgehead atoms. The molecular weight excluding hydrogens is 437 g/mol. The van der Waals surface area contributed by atoms with Crippen LogP contribution in [0.1, 0.15) is 70.8 Å². The second-order valence-corrected chi connectivity index (χ2v) is 9.93. The highest BCUT2D eigenvalue weighted by Gasteiger charge is 2.49. The van der Waals surface area contributed by atoms with Crippen molar-refractivity contribution < 1.29 is 19.2 Å². The van der Waals surface area contributed by atoms with Crippen LogP contribution in [0.4, 0.5) is 0 Å². The Morgan fingerprint density at radius 3 is 2.74 bits per heavy atom. The van der Waals surface area contributed by atoms with Gasteiger partial charge in [0.2, 0.25) is 5.91 Å². The predicted octanol–water partition coefficient (Wildman–Crippen LogP) is 5.50. The third-order valence-corrected chi connectivity index (χ3v) is 7.16. The SMILES string of the molecule is CCCCB1O[C@H]2C[C@@H](O1)C(/C=C/C(O)CCc1ccccc1)[C@H]2C/C=C\CCCC(=O)NCC. The fourth-order valence-corrected chi connectivity index (χ4v) is 5.24. The number of carbonyl (C=O) groups is 1. The molecule has 1 aromatic rings. The molecule has 2 aliphatic rings. The van der Waals surface area contributed by atoms with E-state index in [4.69, 9.17) is 9.31 Å². The van der Waals surface area contributed by atoms with Crippen LogP contribution in [0, 0.1) is 11.8 Å². The maximum atomic E-state index is 11.6. The average Bonchev–Trinajstić information content (AvgIpc) is 3.11. The number of rotatable bonds is 15. The summed E-state index contributed by atoms with van der Waals surface area (Å²) in [5.41, 5.74) is 1.25. The van der Waals surface area contributed by atoms with Crippen LogP contribution in [0.25, 0.3) is 0 Å². The summed E-state index contributed by atoms with van der Waals surface area (Å²) in [4.78, 5) is 11.6. The van der Waals surface area contributed by atoms with Crippen molar-refractivity contribution in [3.05, 3.63) is 60.2 Å². The summed E-state index contributed by atoms with van der Waals surface area (Å²) in [7, 11) is -0.108. The van der Waals surface area contributed by atoms with Gasteiger partial charge in [0.05, 0.1) is 12.2 Å². The van der Waals surface area contributed by atoms with Gasteiger partial charge in [0.15, 0.2) is 0 Å². The number of benzene rings is 1. The zero-order chi connectivity index (χ0) is 24.9. The van der Waals surface area contributed by atoms with Crippen molar-refractivity contribution in [2.24, 2.45) is 11.8 Å². The number of unbranched alkanes of at least 4 members (excludes halogenated alkanes) is 2. The number of fused-ring (bicyclic) bond motifs is 2. The molecule has 6 heteroatoms. The molecule has 2 unspecified atom stereocenters. The highest BCUT2D eigenvalue weighted by molar-refractivity contribution is 6.44. The van der Waals surface area contributed by atoms with E-state index in [0.717, 1.165) is 51.3 Å². The van der Waals surface area contributed by atoms with Crippen molar-refractivity contribution >= 4 is 13.0 Å². The number of amides is 1. The van der Waals surface area contributed by atoms with Gasteiger partial charge in [-0.3, -0.25) is 4.79 Å². The van der Waals surface area contributed by atoms with Crippen molar-refractivity contribution in [1.82, 2.24) is 5.32 Å². The highest BCUT2D eigenvalue weighted by atomic mass is 16.6. The van der Waals surface area contributed by atoms with Gasteiger partial charge in [0, 0.05) is 25.0 Å². The van der Waals surface area contributed by atoms with E-state index in [0.29, 0.717) is 25.3 Å². The molecule has 192 valence electrons. The summed E-state index contributed by atoms with van der Waals surface area (Å²) >= 11 is 0. The van der Waals surface area contributed by atoms with Crippen LogP contribution < -0.4 is 5.32 Å². The minimum Gasteiger partial charge on any atom is -0.408 e. The first-order valence-electron chi connectivity index (χ1n) is 13.7. The highest BCUT2D eigenvalue weighted by Crippen LogP contribution is 2.44. The Labute approximate surface area is 212 Å². The maximum absolute atomic E-state index is 11.6. The monoisotopic (exact) mass is 481 g/mol. The molecule has 1 aliphatic heterocycles. The molecule has 1 amide bonds. The lowest BCUT2D eigenvalue weighted by Gasteiger charge is -2.27. The normalized spacial score (nSPS) is 24.9. The van der Waals surface area contributed by atoms with Crippen molar-refractivity contribution in [3.63, 3.8) is 0 Å². The molecule has 5 nitrogen and oxygen atoms in total. The van der Waals surface area contributed by atoms with Gasteiger partial charge < -0.3 is 19.7 Å². The Bertz CT molecular complexity index is 799. The third-order valence-electron chi connectivity index (χ3n) is 7.16. The molecule has 0 radical (unpaired) electrons. The molecule has 1 saturated heterocycles. The minimum absolute atomic E-state index is 0.108. The van der Waals surface area contributed by atoms with E-state index < -0.39 is 6.10 Å². The molecular formula is C29H44BNO4. The third kappa shape index (κ3) is 9.25. The van der Waals surface area contributed by atoms with Gasteiger partial charge in [-0.2, -0.15) is 0 Å². The quantitative estimate of drug-likeness (QED) is 0.197. The summed E-state index contributed by atoms with van der Waals surface area (Å²) in [5, 5.41) is 13.5. The van der Waals surface area contributed by atoms with Gasteiger partial charge in [-0.25, -0.2) is 0 Å². The van der Waals surface area contributed by atoms with E-state index in [9.17, 15) is 9.90 Å². The maximum Gasteiger partial charge on any atom is 0.457 e. The zero-order valence-corrected chi connectivity index (χ0v) is 21.6. The molecule has 3 rings (SSSR count). The van der Waals surface area contributed by atoms with Crippen molar-refractivity contribution in [2.75, 3.05) is 6.54 Å². The summed E-state index contributed by atoms with van der Waals surface area (Å²) < 4.78 is 12.7. The number of aliphatic hydroxyl groups is 1. The second kappa shape index (κ2) is 15.3. The lowest BCUT2D eigenvalue weighted by Crippen LogP contribution is -2.37. The average molecular weight is 481 g/mol. The molecule has 2 N–H and O–H groups in total. The summed E-state index contributed by atoms with van der Waals surface area (Å²) in [6, 6.07) is 10.3. The number of nitrogens with one attached hydrogen (secondary N) is 1. The van der Waals surface area contributed by atoms with Crippen molar-refractivity contribution in [1.29, 1.82) is 0 Å². The molecule has 1 aromatic carbocycles. The van der Waals surface area contributed by atoms with Crippen LogP contribution in [-0.2, 0) is 20.5 Å². The van der Waals surface area contributed by atoms with Crippen LogP contribution >= 0.6 is 0 Å². The number of carbonyl (C=O) groups excluding carboxylic acids is 1. The first-order chi connectivity index (χ1) is 17.1. The van der Waals surface area contributed by atoms with E-state index in [1.54, 1.807) is 0 Å². The van der Waals surface area contributed by atoms with Crippen LogP contribution in [-0.4, -0.2) is 43.0 Å². The summed E-state index contributed by atoms with van der Waals surface area (Å²) in [5.74, 6) is 0.729. The number of aryl methyl sites for hydroxylation is 1. The van der Waals surface area contributed by atoms with E-state index in [1.807, 2.05) is 31.2 Å². The summed E-state index contributed by atoms with van der Waals surface area (Å²) in [6.07, 6.45) is 17.5. The fourth-order valence-electron chi connectivity index (χ4n) is 5.24. The van der Waals surface area contributed by atoms with Gasteiger partial charge in [0.25, 0.3) is 0 Å². The molecule has 35 heavy (non-hydrogen) atoms. The van der Waals surface area contributed by atoms with Crippen molar-refractivity contribution in [3.8, 4) is 0 Å². The fraction of sp³-hybridized carbons (Fsp3) is 0.621. The van der Waals surface area contributed by atoms with Crippen LogP contribution in [0.5, 0.6) is 0 Å². The molecule has 5 atom stereocenters. The van der Waals surface area contributed by atoms with Gasteiger partial charge in [0.1, 0.15) is 0 Å². The van der Waals surface area contributed by atoms with E-state index in [2.05, 4.69) is 42.6 Å². The zero-order valence-electron chi connectivity index (χ0n) is 21.6. The Morgan fingerprint density at radius 1 is 1.17 bits per heavy atom. The van der Waals surface area contributed by atoms with Crippen LogP contribution in [0.3, 0.4) is 0 Å². The standard InChI is InChI=1S/C29H44BNO4/c1-3-5-21-30-34-27-22-28(35-30)26(20-19-24(32)18-17-23-13-9-8-10-14-23)25(27)15-11-6-7-12-16-29(33)31-4-2/h6,8-11,13-14,19-20,24-28,32H,3-5,7,12,15-18,21-22H2,1-2H3,(H,31,33)/b11-6-,20-19+/t24?,25-,26?,27+,28-/m1/s1. The topological polar surface area (TPSA) is 67.8 Å². The number of hydrogen-bond donors (Lipinski definition) is 2. The van der Waals surface area contributed by atoms with Crippen molar-refractivity contribution in [2.45, 2.75) is 96.3 Å². The van der Waals surface area contributed by atoms with E-state index in [1.165, 1.54) is 5.56 Å². The molecule has 2 fully saturated rings. The Balaban J connectivity index is 1.55. The van der Waals surface area contributed by atoms with Gasteiger partial charge >= 0.3 is 7.12 Å². The molecule has 1 aliphatic carbocycles. The lowest BCUT2D eigenvalue weighted by atomic mass is 9.80. The Kier molecular flexibility index (Phi) is 12.1. The molecule has 0 aromatic heterocycles. The lowest BCUT2D eigenvalue weighted by molar-refractivity contribution is -0.121. The minimum atomic E-state index is -0.460.